The first-order chi connectivity index (χ1) is 14.4. The molecule has 4 N–H and O–H groups in total. The highest BCUT2D eigenvalue weighted by Crippen LogP contribution is 2.28. The highest BCUT2D eigenvalue weighted by atomic mass is 35.5. The molecule has 30 heavy (non-hydrogen) atoms. The average molecular weight is 428 g/mol. The lowest BCUT2D eigenvalue weighted by Gasteiger charge is -2.21. The topological polar surface area (TPSA) is 117 Å². The number of aromatic nitrogens is 1. The van der Waals surface area contributed by atoms with Crippen molar-refractivity contribution in [3.63, 3.8) is 0 Å². The Kier molecular flexibility index (Phi) is 6.23. The van der Waals surface area contributed by atoms with Gasteiger partial charge in [-0.3, -0.25) is 25.3 Å². The Bertz CT molecular complexity index is 1120. The van der Waals surface area contributed by atoms with Crippen LogP contribution in [0.3, 0.4) is 0 Å². The first kappa shape index (κ1) is 20.7. The Morgan fingerprint density at radius 3 is 2.40 bits per heavy atom. The van der Waals surface area contributed by atoms with Crippen LogP contribution in [0.4, 0.5) is 20.6 Å². The van der Waals surface area contributed by atoms with Crippen molar-refractivity contribution in [2.45, 2.75) is 0 Å². The van der Waals surface area contributed by atoms with Crippen LogP contribution >= 0.6 is 11.6 Å². The molecule has 0 aliphatic heterocycles. The molecule has 152 valence electrons. The number of pyridine rings is 1. The summed E-state index contributed by atoms with van der Waals surface area (Å²) < 4.78 is 14.2. The summed E-state index contributed by atoms with van der Waals surface area (Å²) in [5, 5.41) is -0.0202. The van der Waals surface area contributed by atoms with E-state index in [1.165, 1.54) is 60.8 Å². The molecule has 0 aliphatic carbocycles. The van der Waals surface area contributed by atoms with E-state index in [4.69, 9.17) is 17.3 Å². The zero-order chi connectivity index (χ0) is 21.7. The molecular formula is C20H15ClFN5O3. The Labute approximate surface area is 175 Å². The van der Waals surface area contributed by atoms with Gasteiger partial charge >= 0.3 is 6.03 Å². The minimum atomic E-state index is -0.933. The molecule has 0 bridgehead atoms. The van der Waals surface area contributed by atoms with Crippen molar-refractivity contribution in [3.05, 3.63) is 89.0 Å². The van der Waals surface area contributed by atoms with E-state index in [-0.39, 0.29) is 27.7 Å². The van der Waals surface area contributed by atoms with E-state index in [9.17, 15) is 18.8 Å². The monoisotopic (exact) mass is 427 g/mol. The summed E-state index contributed by atoms with van der Waals surface area (Å²) in [5.41, 5.74) is 10.1. The fraction of sp³-hybridized carbons (Fsp3) is 0. The number of anilines is 2. The van der Waals surface area contributed by atoms with Gasteiger partial charge in [0, 0.05) is 11.8 Å². The number of para-hydroxylation sites is 1. The van der Waals surface area contributed by atoms with Gasteiger partial charge in [0.1, 0.15) is 11.0 Å². The average Bonchev–Trinajstić information content (AvgIpc) is 2.73. The molecule has 0 saturated carbocycles. The predicted octanol–water partition coefficient (Wildman–Crippen LogP) is 3.17. The summed E-state index contributed by atoms with van der Waals surface area (Å²) >= 11 is 5.84. The van der Waals surface area contributed by atoms with E-state index in [1.54, 1.807) is 6.07 Å². The van der Waals surface area contributed by atoms with Gasteiger partial charge in [-0.1, -0.05) is 29.8 Å². The summed E-state index contributed by atoms with van der Waals surface area (Å²) in [7, 11) is 0. The lowest BCUT2D eigenvalue weighted by molar-refractivity contribution is 0.0846. The molecule has 0 radical (unpaired) electrons. The molecule has 0 unspecified atom stereocenters. The molecule has 3 rings (SSSR count). The lowest BCUT2D eigenvalue weighted by atomic mass is 10.1. The van der Waals surface area contributed by atoms with Gasteiger partial charge in [0.25, 0.3) is 11.8 Å². The Hall–Kier alpha value is -3.98. The third-order valence-electron chi connectivity index (χ3n) is 3.97. The van der Waals surface area contributed by atoms with Crippen molar-refractivity contribution in [1.82, 2.24) is 15.8 Å². The number of nitrogens with zero attached hydrogens (tertiary/aromatic N) is 2. The minimum Gasteiger partial charge on any atom is -0.351 e. The van der Waals surface area contributed by atoms with Crippen LogP contribution in [0.15, 0.2) is 66.9 Å². The van der Waals surface area contributed by atoms with Crippen LogP contribution in [0.1, 0.15) is 20.7 Å². The van der Waals surface area contributed by atoms with Gasteiger partial charge < -0.3 is 5.73 Å². The van der Waals surface area contributed by atoms with Crippen LogP contribution in [-0.2, 0) is 0 Å². The van der Waals surface area contributed by atoms with Crippen molar-refractivity contribution in [2.75, 3.05) is 4.90 Å². The minimum absolute atomic E-state index is 0.0202. The number of amides is 4. The molecule has 1 aromatic heterocycles. The van der Waals surface area contributed by atoms with Gasteiger partial charge in [-0.2, -0.15) is 0 Å². The molecule has 0 atom stereocenters. The number of carbonyl (C=O) groups is 3. The largest absolute Gasteiger partial charge is 0.351 e. The molecule has 0 spiro atoms. The summed E-state index contributed by atoms with van der Waals surface area (Å²) in [4.78, 5) is 41.2. The van der Waals surface area contributed by atoms with Gasteiger partial charge in [-0.05, 0) is 42.5 Å². The molecule has 4 amide bonds. The molecule has 2 aromatic carbocycles. The lowest BCUT2D eigenvalue weighted by Crippen LogP contribution is -2.41. The van der Waals surface area contributed by atoms with E-state index in [1.807, 2.05) is 0 Å². The summed E-state index contributed by atoms with van der Waals surface area (Å²) in [6, 6.07) is 13.4. The third kappa shape index (κ3) is 4.53. The second-order valence-corrected chi connectivity index (χ2v) is 6.28. The molecule has 0 saturated heterocycles. The zero-order valence-electron chi connectivity index (χ0n) is 15.3. The summed E-state index contributed by atoms with van der Waals surface area (Å²) in [5.74, 6) is -2.00. The molecule has 0 aliphatic rings. The van der Waals surface area contributed by atoms with E-state index in [0.29, 0.717) is 0 Å². The second kappa shape index (κ2) is 9.01. The molecule has 1 heterocycles. The fourth-order valence-corrected chi connectivity index (χ4v) is 2.82. The second-order valence-electron chi connectivity index (χ2n) is 5.93. The van der Waals surface area contributed by atoms with Gasteiger partial charge in [0.05, 0.1) is 16.9 Å². The van der Waals surface area contributed by atoms with Crippen molar-refractivity contribution < 1.29 is 18.8 Å². The van der Waals surface area contributed by atoms with Crippen molar-refractivity contribution in [2.24, 2.45) is 5.73 Å². The number of nitrogens with two attached hydrogens (primary N) is 1. The third-order valence-corrected chi connectivity index (χ3v) is 4.27. The van der Waals surface area contributed by atoms with Crippen LogP contribution in [-0.4, -0.2) is 22.8 Å². The van der Waals surface area contributed by atoms with E-state index < -0.39 is 23.7 Å². The first-order valence-electron chi connectivity index (χ1n) is 8.54. The van der Waals surface area contributed by atoms with Gasteiger partial charge in [0.15, 0.2) is 0 Å². The van der Waals surface area contributed by atoms with Gasteiger partial charge in [-0.25, -0.2) is 14.2 Å². The molecule has 8 nitrogen and oxygen atoms in total. The van der Waals surface area contributed by atoms with Crippen LogP contribution in [0.25, 0.3) is 0 Å². The SMILES string of the molecule is NC(=O)N(c1cccc(C(=O)NNC(=O)c2cccnc2Cl)c1)c1ccccc1F. The van der Waals surface area contributed by atoms with Crippen molar-refractivity contribution in [1.29, 1.82) is 0 Å². The predicted molar refractivity (Wildman–Crippen MR) is 109 cm³/mol. The number of hydrogen-bond acceptors (Lipinski definition) is 4. The first-order valence-corrected chi connectivity index (χ1v) is 8.91. The number of hydrazine groups is 1. The van der Waals surface area contributed by atoms with Crippen LogP contribution in [0, 0.1) is 5.82 Å². The molecule has 10 heteroatoms. The Morgan fingerprint density at radius 2 is 1.70 bits per heavy atom. The number of halogens is 2. The maximum atomic E-state index is 14.2. The van der Waals surface area contributed by atoms with Crippen molar-refractivity contribution >= 4 is 40.8 Å². The Balaban J connectivity index is 1.79. The number of rotatable bonds is 4. The summed E-state index contributed by atoms with van der Waals surface area (Å²) in [6.07, 6.45) is 1.42. The molecule has 0 fully saturated rings. The number of primary amides is 1. The molecule has 3 aromatic rings. The highest BCUT2D eigenvalue weighted by Gasteiger charge is 2.20. The van der Waals surface area contributed by atoms with Gasteiger partial charge in [0.2, 0.25) is 0 Å². The number of urea groups is 1. The number of nitrogens with one attached hydrogen (secondary N) is 2. The maximum absolute atomic E-state index is 14.2. The normalized spacial score (nSPS) is 10.2. The fourth-order valence-electron chi connectivity index (χ4n) is 2.61. The van der Waals surface area contributed by atoms with Crippen LogP contribution in [0.5, 0.6) is 0 Å². The standard InChI is InChI=1S/C20H15ClFN5O3/c21-17-14(7-4-10-24-17)19(29)26-25-18(28)12-5-3-6-13(11-12)27(20(23)30)16-9-2-1-8-15(16)22/h1-11H,(H2,23,30)(H,25,28)(H,26,29). The summed E-state index contributed by atoms with van der Waals surface area (Å²) in [6.45, 7) is 0. The van der Waals surface area contributed by atoms with E-state index in [2.05, 4.69) is 15.8 Å². The smallest absolute Gasteiger partial charge is 0.323 e. The number of benzene rings is 2. The zero-order valence-corrected chi connectivity index (χ0v) is 16.1. The highest BCUT2D eigenvalue weighted by molar-refractivity contribution is 6.32. The Morgan fingerprint density at radius 1 is 0.967 bits per heavy atom. The van der Waals surface area contributed by atoms with E-state index in [0.717, 1.165) is 4.90 Å². The number of hydrogen-bond donors (Lipinski definition) is 3. The molecular weight excluding hydrogens is 413 g/mol. The van der Waals surface area contributed by atoms with Gasteiger partial charge in [-0.15, -0.1) is 0 Å². The van der Waals surface area contributed by atoms with Crippen molar-refractivity contribution in [3.8, 4) is 0 Å². The van der Waals surface area contributed by atoms with Crippen LogP contribution in [0.2, 0.25) is 5.15 Å². The number of carbonyl (C=O) groups excluding carboxylic acids is 3. The van der Waals surface area contributed by atoms with Crippen LogP contribution < -0.4 is 21.5 Å². The quantitative estimate of drug-likeness (QED) is 0.438. The maximum Gasteiger partial charge on any atom is 0.323 e. The van der Waals surface area contributed by atoms with E-state index >= 15 is 0 Å².